The Labute approximate surface area is 186 Å². The van der Waals surface area contributed by atoms with E-state index < -0.39 is 0 Å². The van der Waals surface area contributed by atoms with Crippen LogP contribution in [0.1, 0.15) is 18.2 Å². The van der Waals surface area contributed by atoms with Gasteiger partial charge in [-0.2, -0.15) is 14.9 Å². The number of rotatable bonds is 4. The third kappa shape index (κ3) is 3.58. The van der Waals surface area contributed by atoms with Crippen LogP contribution in [0, 0.1) is 11.7 Å². The van der Waals surface area contributed by atoms with Gasteiger partial charge in [0, 0.05) is 24.0 Å². The van der Waals surface area contributed by atoms with Crippen LogP contribution in [-0.4, -0.2) is 30.6 Å². The van der Waals surface area contributed by atoms with Gasteiger partial charge < -0.3 is 4.57 Å². The summed E-state index contributed by atoms with van der Waals surface area (Å²) in [6.07, 6.45) is 3.21. The molecule has 0 radical (unpaired) electrons. The second-order valence-electron chi connectivity index (χ2n) is 6.53. The second kappa shape index (κ2) is 8.14. The highest BCUT2D eigenvalue weighted by molar-refractivity contribution is 7.71. The van der Waals surface area contributed by atoms with Gasteiger partial charge in [-0.25, -0.2) is 10.1 Å². The average Bonchev–Trinajstić information content (AvgIpc) is 3.08. The number of nitrogens with one attached hydrogen (secondary N) is 1. The maximum atomic E-state index is 13.2. The highest BCUT2D eigenvalue weighted by Crippen LogP contribution is 2.23. The van der Waals surface area contributed by atoms with Crippen LogP contribution in [0.2, 0.25) is 10.0 Å². The molecule has 3 aromatic heterocycles. The Morgan fingerprint density at radius 2 is 1.97 bits per heavy atom. The van der Waals surface area contributed by atoms with Crippen molar-refractivity contribution < 1.29 is 0 Å². The lowest BCUT2D eigenvalue weighted by Crippen LogP contribution is -2.15. The number of H-pyrrole nitrogens is 1. The topological polar surface area (TPSA) is 80.9 Å². The number of nitrogens with zero attached hydrogens (tertiary/aromatic N) is 5. The highest BCUT2D eigenvalue weighted by atomic mass is 35.5. The monoisotopic (exact) mass is 458 g/mol. The van der Waals surface area contributed by atoms with Gasteiger partial charge in [-0.15, -0.1) is 0 Å². The Morgan fingerprint density at radius 3 is 2.67 bits per heavy atom. The molecule has 0 saturated carbocycles. The molecule has 3 heterocycles. The first-order valence-electron chi connectivity index (χ1n) is 9.07. The molecule has 7 nitrogen and oxygen atoms in total. The molecule has 0 aliphatic heterocycles. The summed E-state index contributed by atoms with van der Waals surface area (Å²) in [7, 11) is 0. The summed E-state index contributed by atoms with van der Waals surface area (Å²) in [5.41, 5.74) is 2.14. The van der Waals surface area contributed by atoms with Crippen molar-refractivity contribution >= 4 is 52.7 Å². The number of aryl methyl sites for hydroxylation is 2. The summed E-state index contributed by atoms with van der Waals surface area (Å²) in [5.74, 6) is 0.286. The lowest BCUT2D eigenvalue weighted by molar-refractivity contribution is 0.773. The summed E-state index contributed by atoms with van der Waals surface area (Å²) in [6, 6.07) is 8.75. The number of pyridine rings is 2. The van der Waals surface area contributed by atoms with Gasteiger partial charge >= 0.3 is 0 Å². The predicted octanol–water partition coefficient (Wildman–Crippen LogP) is 4.83. The molecule has 0 unspecified atom stereocenters. The van der Waals surface area contributed by atoms with Crippen LogP contribution in [0.4, 0.5) is 0 Å². The minimum atomic E-state index is -0.205. The summed E-state index contributed by atoms with van der Waals surface area (Å²) in [5, 5.41) is 12.7. The maximum absolute atomic E-state index is 13.2. The van der Waals surface area contributed by atoms with Crippen molar-refractivity contribution in [3.05, 3.63) is 72.8 Å². The molecule has 0 aliphatic rings. The van der Waals surface area contributed by atoms with E-state index in [2.05, 4.69) is 20.3 Å². The van der Waals surface area contributed by atoms with Gasteiger partial charge in [-0.1, -0.05) is 29.3 Å². The number of hydrogen-bond donors (Lipinski definition) is 1. The van der Waals surface area contributed by atoms with Gasteiger partial charge in [0.1, 0.15) is 5.65 Å². The molecule has 0 bridgehead atoms. The van der Waals surface area contributed by atoms with E-state index in [9.17, 15) is 4.79 Å². The molecule has 1 aromatic carbocycles. The van der Waals surface area contributed by atoms with E-state index in [4.69, 9.17) is 35.4 Å². The standard InChI is InChI=1S/C20H16Cl2N6OS/c1-3-27-10-14(17(29)12-8-7-11(2)24-18(12)27)19-25-26-20(30)28(19)23-9-13-15(21)5-4-6-16(13)22/h4-10H,3H2,1-2H3,(H,26,30)/b23-9+. The maximum Gasteiger partial charge on any atom is 0.216 e. The van der Waals surface area contributed by atoms with Crippen molar-refractivity contribution in [1.82, 2.24) is 24.4 Å². The Morgan fingerprint density at radius 1 is 1.23 bits per heavy atom. The van der Waals surface area contributed by atoms with Crippen molar-refractivity contribution in [2.75, 3.05) is 0 Å². The Hall–Kier alpha value is -2.81. The van der Waals surface area contributed by atoms with Crippen LogP contribution in [0.15, 0.2) is 46.4 Å². The fraction of sp³-hybridized carbons (Fsp3) is 0.150. The van der Waals surface area contributed by atoms with E-state index in [1.807, 2.05) is 24.5 Å². The first kappa shape index (κ1) is 20.5. The molecule has 0 saturated heterocycles. The third-order valence-corrected chi connectivity index (χ3v) is 5.52. The largest absolute Gasteiger partial charge is 0.332 e. The molecule has 152 valence electrons. The van der Waals surface area contributed by atoms with Crippen LogP contribution < -0.4 is 5.43 Å². The molecule has 0 fully saturated rings. The van der Waals surface area contributed by atoms with Crippen molar-refractivity contribution in [1.29, 1.82) is 0 Å². The zero-order valence-electron chi connectivity index (χ0n) is 16.1. The first-order chi connectivity index (χ1) is 14.4. The van der Waals surface area contributed by atoms with Gasteiger partial charge in [0.15, 0.2) is 5.82 Å². The number of aromatic amines is 1. The van der Waals surface area contributed by atoms with Gasteiger partial charge in [0.25, 0.3) is 0 Å². The number of benzene rings is 1. The number of aromatic nitrogens is 5. The molecule has 4 rings (SSSR count). The van der Waals surface area contributed by atoms with E-state index in [0.29, 0.717) is 38.8 Å². The van der Waals surface area contributed by atoms with E-state index in [-0.39, 0.29) is 16.0 Å². The quantitative estimate of drug-likeness (QED) is 0.350. The SMILES string of the molecule is CCn1cc(-c2n[nH]c(=S)n2/N=C/c2c(Cl)cccc2Cl)c(=O)c2ccc(C)nc21. The fourth-order valence-electron chi connectivity index (χ4n) is 3.08. The lowest BCUT2D eigenvalue weighted by Gasteiger charge is -2.11. The second-order valence-corrected chi connectivity index (χ2v) is 7.73. The molecule has 30 heavy (non-hydrogen) atoms. The molecular weight excluding hydrogens is 443 g/mol. The summed E-state index contributed by atoms with van der Waals surface area (Å²) >= 11 is 17.7. The van der Waals surface area contributed by atoms with Gasteiger partial charge in [0.05, 0.1) is 27.2 Å². The zero-order valence-corrected chi connectivity index (χ0v) is 18.4. The molecule has 0 atom stereocenters. The molecule has 0 aliphatic carbocycles. The Kier molecular flexibility index (Phi) is 5.55. The van der Waals surface area contributed by atoms with Crippen LogP contribution in [0.25, 0.3) is 22.4 Å². The summed E-state index contributed by atoms with van der Waals surface area (Å²) in [4.78, 5) is 17.7. The van der Waals surface area contributed by atoms with E-state index >= 15 is 0 Å². The summed E-state index contributed by atoms with van der Waals surface area (Å²) < 4.78 is 3.50. The molecular formula is C20H16Cl2N6OS. The normalized spacial score (nSPS) is 11.6. The van der Waals surface area contributed by atoms with Gasteiger partial charge in [-0.3, -0.25) is 4.79 Å². The van der Waals surface area contributed by atoms with Gasteiger partial charge in [-0.05, 0) is 50.3 Å². The number of hydrogen-bond acceptors (Lipinski definition) is 5. The average molecular weight is 459 g/mol. The summed E-state index contributed by atoms with van der Waals surface area (Å²) in [6.45, 7) is 4.49. The van der Waals surface area contributed by atoms with Crippen molar-refractivity contribution in [3.8, 4) is 11.4 Å². The van der Waals surface area contributed by atoms with Crippen LogP contribution in [0.3, 0.4) is 0 Å². The van der Waals surface area contributed by atoms with E-state index in [1.165, 1.54) is 10.9 Å². The van der Waals surface area contributed by atoms with Crippen molar-refractivity contribution in [3.63, 3.8) is 0 Å². The fourth-order valence-corrected chi connectivity index (χ4v) is 3.76. The molecule has 1 N–H and O–H groups in total. The molecule has 0 spiro atoms. The highest BCUT2D eigenvalue weighted by Gasteiger charge is 2.17. The molecule has 0 amide bonds. The first-order valence-corrected chi connectivity index (χ1v) is 10.2. The van der Waals surface area contributed by atoms with Crippen molar-refractivity contribution in [2.45, 2.75) is 20.4 Å². The minimum absolute atomic E-state index is 0.205. The lowest BCUT2D eigenvalue weighted by atomic mass is 10.1. The molecule has 4 aromatic rings. The van der Waals surface area contributed by atoms with E-state index in [0.717, 1.165) is 5.69 Å². The number of halogens is 2. The Bertz CT molecular complexity index is 1400. The number of fused-ring (bicyclic) bond motifs is 1. The predicted molar refractivity (Wildman–Crippen MR) is 122 cm³/mol. The zero-order chi connectivity index (χ0) is 21.4. The van der Waals surface area contributed by atoms with E-state index in [1.54, 1.807) is 30.5 Å². The third-order valence-electron chi connectivity index (χ3n) is 4.59. The van der Waals surface area contributed by atoms with Crippen LogP contribution in [0.5, 0.6) is 0 Å². The molecule has 10 heteroatoms. The van der Waals surface area contributed by atoms with Gasteiger partial charge in [0.2, 0.25) is 10.2 Å². The van der Waals surface area contributed by atoms with Crippen LogP contribution in [-0.2, 0) is 6.54 Å². The van der Waals surface area contributed by atoms with Crippen molar-refractivity contribution in [2.24, 2.45) is 5.10 Å². The minimum Gasteiger partial charge on any atom is -0.332 e. The Balaban J connectivity index is 1.92. The van der Waals surface area contributed by atoms with Crippen LogP contribution >= 0.6 is 35.4 Å². The smallest absolute Gasteiger partial charge is 0.216 e.